The Morgan fingerprint density at radius 1 is 1.40 bits per heavy atom. The molecule has 2 aliphatic rings. The van der Waals surface area contributed by atoms with E-state index in [1.165, 1.54) is 39.0 Å². The molecule has 0 N–H and O–H groups in total. The van der Waals surface area contributed by atoms with Crippen LogP contribution in [0, 0.1) is 5.92 Å². The summed E-state index contributed by atoms with van der Waals surface area (Å²) in [4.78, 5) is 5.36. The van der Waals surface area contributed by atoms with Gasteiger partial charge in [-0.1, -0.05) is 6.92 Å². The van der Waals surface area contributed by atoms with Crippen LogP contribution in [0.25, 0.3) is 0 Å². The lowest BCUT2D eigenvalue weighted by atomic mass is 10.1. The third kappa shape index (κ3) is 2.69. The van der Waals surface area contributed by atoms with Crippen molar-refractivity contribution < 1.29 is 0 Å². The average Bonchev–Trinajstić information content (AvgIpc) is 2.65. The summed E-state index contributed by atoms with van der Waals surface area (Å²) in [6.45, 7) is 9.82. The van der Waals surface area contributed by atoms with Gasteiger partial charge in [-0.3, -0.25) is 9.80 Å². The third-order valence-corrected chi connectivity index (χ3v) is 4.55. The third-order valence-electron chi connectivity index (χ3n) is 3.92. The molecule has 2 heterocycles. The first kappa shape index (κ1) is 11.7. The molecule has 2 nitrogen and oxygen atoms in total. The largest absolute Gasteiger partial charge is 0.298 e. The zero-order chi connectivity index (χ0) is 10.8. The van der Waals surface area contributed by atoms with E-state index in [0.717, 1.165) is 23.8 Å². The predicted molar refractivity (Wildman–Crippen MR) is 68.6 cm³/mol. The summed E-state index contributed by atoms with van der Waals surface area (Å²) in [6, 6.07) is 1.59. The highest BCUT2D eigenvalue weighted by atomic mass is 32.1. The Labute approximate surface area is 99.4 Å². The van der Waals surface area contributed by atoms with E-state index >= 15 is 0 Å². The van der Waals surface area contributed by atoms with Crippen LogP contribution in [0.1, 0.15) is 26.7 Å². The van der Waals surface area contributed by atoms with Crippen LogP contribution in [-0.4, -0.2) is 53.8 Å². The van der Waals surface area contributed by atoms with E-state index in [0.29, 0.717) is 0 Å². The summed E-state index contributed by atoms with van der Waals surface area (Å²) in [5.74, 6) is 1.74. The Kier molecular flexibility index (Phi) is 3.97. The molecule has 2 saturated heterocycles. The molecule has 0 aromatic carbocycles. The number of hydrogen-bond acceptors (Lipinski definition) is 3. The molecule has 2 aliphatic heterocycles. The lowest BCUT2D eigenvalue weighted by molar-refractivity contribution is 0.0520. The minimum absolute atomic E-state index is 0.726. The highest BCUT2D eigenvalue weighted by molar-refractivity contribution is 7.80. The summed E-state index contributed by atoms with van der Waals surface area (Å²) in [5.41, 5.74) is 0. The van der Waals surface area contributed by atoms with E-state index in [1.807, 2.05) is 0 Å². The zero-order valence-corrected chi connectivity index (χ0v) is 10.9. The Balaban J connectivity index is 1.89. The Morgan fingerprint density at radius 2 is 2.20 bits per heavy atom. The Hall–Kier alpha value is 0.270. The number of nitrogens with zero attached hydrogens (tertiary/aromatic N) is 2. The van der Waals surface area contributed by atoms with Crippen molar-refractivity contribution in [1.29, 1.82) is 0 Å². The van der Waals surface area contributed by atoms with Crippen LogP contribution in [0.3, 0.4) is 0 Å². The lowest BCUT2D eigenvalue weighted by Crippen LogP contribution is -2.55. The molecule has 0 radical (unpaired) electrons. The van der Waals surface area contributed by atoms with Crippen molar-refractivity contribution >= 4 is 12.6 Å². The fourth-order valence-corrected chi connectivity index (χ4v) is 3.08. The second-order valence-corrected chi connectivity index (χ2v) is 5.75. The second-order valence-electron chi connectivity index (χ2n) is 5.38. The van der Waals surface area contributed by atoms with Crippen molar-refractivity contribution in [2.24, 2.45) is 5.92 Å². The maximum Gasteiger partial charge on any atom is 0.0224 e. The molecule has 3 atom stereocenters. The summed E-state index contributed by atoms with van der Waals surface area (Å²) >= 11 is 4.38. The second kappa shape index (κ2) is 5.07. The van der Waals surface area contributed by atoms with Gasteiger partial charge in [0.25, 0.3) is 0 Å². The molecule has 3 heteroatoms. The summed E-state index contributed by atoms with van der Waals surface area (Å²) in [7, 11) is 0. The van der Waals surface area contributed by atoms with Crippen LogP contribution >= 0.6 is 12.6 Å². The lowest BCUT2D eigenvalue weighted by Gasteiger charge is -2.43. The Bertz CT molecular complexity index is 210. The van der Waals surface area contributed by atoms with Crippen molar-refractivity contribution in [3.05, 3.63) is 0 Å². The van der Waals surface area contributed by atoms with Gasteiger partial charge in [0.15, 0.2) is 0 Å². The molecule has 2 fully saturated rings. The molecular formula is C12H24N2S. The molecule has 88 valence electrons. The molecule has 0 bridgehead atoms. The van der Waals surface area contributed by atoms with Crippen molar-refractivity contribution in [2.45, 2.75) is 38.8 Å². The molecule has 3 unspecified atom stereocenters. The first-order valence-electron chi connectivity index (χ1n) is 6.29. The number of piperazine rings is 1. The minimum atomic E-state index is 0.726. The fourth-order valence-electron chi connectivity index (χ4n) is 2.96. The van der Waals surface area contributed by atoms with E-state index in [1.54, 1.807) is 0 Å². The minimum Gasteiger partial charge on any atom is -0.298 e. The fraction of sp³-hybridized carbons (Fsp3) is 1.00. The standard InChI is InChI=1S/C12H24N2S/c1-10(9-15)6-14-8-12-4-3-5-13(12)7-11(14)2/h10-12,15H,3-9H2,1-2H3. The molecule has 0 aromatic rings. The van der Waals surface area contributed by atoms with Gasteiger partial charge in [0.05, 0.1) is 0 Å². The highest BCUT2D eigenvalue weighted by Gasteiger charge is 2.34. The molecule has 0 aromatic heterocycles. The van der Waals surface area contributed by atoms with Crippen LogP contribution in [0.15, 0.2) is 0 Å². The molecule has 0 saturated carbocycles. The average molecular weight is 228 g/mol. The summed E-state index contributed by atoms with van der Waals surface area (Å²) in [6.07, 6.45) is 2.83. The SMILES string of the molecule is CC(CS)CN1CC2CCCN2CC1C. The zero-order valence-electron chi connectivity index (χ0n) is 10.0. The van der Waals surface area contributed by atoms with Crippen molar-refractivity contribution in [1.82, 2.24) is 9.80 Å². The van der Waals surface area contributed by atoms with Gasteiger partial charge in [0, 0.05) is 31.7 Å². The normalized spacial score (nSPS) is 35.4. The molecular weight excluding hydrogens is 204 g/mol. The van der Waals surface area contributed by atoms with Crippen molar-refractivity contribution in [2.75, 3.05) is 31.9 Å². The number of rotatable bonds is 3. The molecule has 15 heavy (non-hydrogen) atoms. The number of thiol groups is 1. The highest BCUT2D eigenvalue weighted by Crippen LogP contribution is 2.25. The quantitative estimate of drug-likeness (QED) is 0.735. The van der Waals surface area contributed by atoms with Gasteiger partial charge in [-0.05, 0) is 38.0 Å². The van der Waals surface area contributed by atoms with Crippen LogP contribution in [-0.2, 0) is 0 Å². The van der Waals surface area contributed by atoms with E-state index in [2.05, 4.69) is 36.3 Å². The van der Waals surface area contributed by atoms with E-state index in [-0.39, 0.29) is 0 Å². The maximum absolute atomic E-state index is 4.38. The van der Waals surface area contributed by atoms with Crippen LogP contribution < -0.4 is 0 Å². The van der Waals surface area contributed by atoms with E-state index < -0.39 is 0 Å². The smallest absolute Gasteiger partial charge is 0.0224 e. The van der Waals surface area contributed by atoms with Gasteiger partial charge in [0.1, 0.15) is 0 Å². The molecule has 2 rings (SSSR count). The van der Waals surface area contributed by atoms with Gasteiger partial charge >= 0.3 is 0 Å². The monoisotopic (exact) mass is 228 g/mol. The number of fused-ring (bicyclic) bond motifs is 1. The molecule has 0 aliphatic carbocycles. The predicted octanol–water partition coefficient (Wildman–Crippen LogP) is 1.72. The van der Waals surface area contributed by atoms with Crippen LogP contribution in [0.5, 0.6) is 0 Å². The van der Waals surface area contributed by atoms with Crippen molar-refractivity contribution in [3.63, 3.8) is 0 Å². The van der Waals surface area contributed by atoms with Gasteiger partial charge in [-0.2, -0.15) is 12.6 Å². The number of hydrogen-bond donors (Lipinski definition) is 1. The molecule has 0 amide bonds. The van der Waals surface area contributed by atoms with Gasteiger partial charge in [0.2, 0.25) is 0 Å². The van der Waals surface area contributed by atoms with E-state index in [4.69, 9.17) is 0 Å². The first-order chi connectivity index (χ1) is 7.20. The Morgan fingerprint density at radius 3 is 2.93 bits per heavy atom. The van der Waals surface area contributed by atoms with Gasteiger partial charge in [-0.15, -0.1) is 0 Å². The molecule has 0 spiro atoms. The van der Waals surface area contributed by atoms with Crippen LogP contribution in [0.4, 0.5) is 0 Å². The van der Waals surface area contributed by atoms with E-state index in [9.17, 15) is 0 Å². The van der Waals surface area contributed by atoms with Crippen molar-refractivity contribution in [3.8, 4) is 0 Å². The topological polar surface area (TPSA) is 6.48 Å². The maximum atomic E-state index is 4.38. The van der Waals surface area contributed by atoms with Crippen LogP contribution in [0.2, 0.25) is 0 Å². The summed E-state index contributed by atoms with van der Waals surface area (Å²) < 4.78 is 0. The van der Waals surface area contributed by atoms with Gasteiger partial charge in [-0.25, -0.2) is 0 Å². The van der Waals surface area contributed by atoms with Gasteiger partial charge < -0.3 is 0 Å². The first-order valence-corrected chi connectivity index (χ1v) is 6.93. The summed E-state index contributed by atoms with van der Waals surface area (Å²) in [5, 5.41) is 0.